The highest BCUT2D eigenvalue weighted by Gasteiger charge is 2.47. The van der Waals surface area contributed by atoms with Crippen LogP contribution in [0.15, 0.2) is 11.4 Å². The zero-order valence-corrected chi connectivity index (χ0v) is 16.6. The Morgan fingerprint density at radius 2 is 2.24 bits per heavy atom. The van der Waals surface area contributed by atoms with E-state index in [1.807, 2.05) is 0 Å². The van der Waals surface area contributed by atoms with Gasteiger partial charge in [0.1, 0.15) is 29.4 Å². The number of hydrogen-bond acceptors (Lipinski definition) is 11. The molecule has 0 aromatic carbocycles. The van der Waals surface area contributed by atoms with Crippen LogP contribution in [0.2, 0.25) is 0 Å². The highest BCUT2D eigenvalue weighted by molar-refractivity contribution is 8.00. The number of hydrogen-bond donors (Lipinski definition) is 3. The molecular formula is C14H19FN6O6S2. The first-order chi connectivity index (χ1) is 13.7. The predicted octanol–water partition coefficient (Wildman–Crippen LogP) is -0.894. The first kappa shape index (κ1) is 20.6. The highest BCUT2D eigenvalue weighted by Crippen LogP contribution is 2.39. The van der Waals surface area contributed by atoms with Crippen LogP contribution >= 0.6 is 11.8 Å². The van der Waals surface area contributed by atoms with Gasteiger partial charge in [0.25, 0.3) is 0 Å². The second-order valence-corrected chi connectivity index (χ2v) is 9.10. The van der Waals surface area contributed by atoms with Gasteiger partial charge in [0.15, 0.2) is 18.0 Å². The van der Waals surface area contributed by atoms with Gasteiger partial charge < -0.3 is 20.3 Å². The Morgan fingerprint density at radius 3 is 2.93 bits per heavy atom. The lowest BCUT2D eigenvalue weighted by atomic mass is 10.1. The van der Waals surface area contributed by atoms with Crippen LogP contribution in [0.1, 0.15) is 12.6 Å². The number of ether oxygens (including phenoxy) is 2. The number of thioether (sulfide) groups is 1. The lowest BCUT2D eigenvalue weighted by molar-refractivity contribution is -0.0456. The molecule has 0 unspecified atom stereocenters. The Balaban J connectivity index is 1.65. The first-order valence-electron chi connectivity index (χ1n) is 8.62. The average Bonchev–Trinajstić information content (AvgIpc) is 3.35. The summed E-state index contributed by atoms with van der Waals surface area (Å²) in [5.41, 5.74) is 6.22. The van der Waals surface area contributed by atoms with Gasteiger partial charge in [0.05, 0.1) is 18.6 Å². The number of nitrogen functional groups attached to an aromatic ring is 1. The van der Waals surface area contributed by atoms with Crippen molar-refractivity contribution in [3.05, 3.63) is 6.33 Å². The molecule has 160 valence electrons. The van der Waals surface area contributed by atoms with Crippen LogP contribution in [0.25, 0.3) is 11.0 Å². The average molecular weight is 450 g/mol. The van der Waals surface area contributed by atoms with E-state index >= 15 is 0 Å². The third kappa shape index (κ3) is 4.16. The third-order valence-electron chi connectivity index (χ3n) is 4.58. The van der Waals surface area contributed by atoms with Gasteiger partial charge in [-0.3, -0.25) is 4.18 Å². The summed E-state index contributed by atoms with van der Waals surface area (Å²) >= 11 is 1.41. The molecule has 2 aromatic rings. The van der Waals surface area contributed by atoms with E-state index in [0.717, 1.165) is 6.42 Å². The maximum Gasteiger partial charge on any atom is 0.333 e. The summed E-state index contributed by atoms with van der Waals surface area (Å²) in [4.78, 5) is 8.11. The lowest BCUT2D eigenvalue weighted by Crippen LogP contribution is -2.33. The zero-order chi connectivity index (χ0) is 20.8. The van der Waals surface area contributed by atoms with E-state index in [0.29, 0.717) is 23.6 Å². The molecule has 2 saturated heterocycles. The van der Waals surface area contributed by atoms with Gasteiger partial charge >= 0.3 is 10.3 Å². The van der Waals surface area contributed by atoms with Gasteiger partial charge in [0, 0.05) is 11.9 Å². The molecule has 2 aliphatic heterocycles. The second kappa shape index (κ2) is 7.90. The number of fused-ring (bicyclic) bond motifs is 1. The first-order valence-corrected chi connectivity index (χ1v) is 11.0. The molecule has 5 atom stereocenters. The Hall–Kier alpha value is -1.62. The van der Waals surface area contributed by atoms with E-state index in [4.69, 9.17) is 20.3 Å². The molecular weight excluding hydrogens is 431 g/mol. The van der Waals surface area contributed by atoms with Gasteiger partial charge in [0.2, 0.25) is 0 Å². The number of rotatable bonds is 6. The maximum atomic E-state index is 14.8. The summed E-state index contributed by atoms with van der Waals surface area (Å²) in [6.07, 6.45) is -4.18. The fourth-order valence-electron chi connectivity index (χ4n) is 3.19. The third-order valence-corrected chi connectivity index (χ3v) is 6.26. The molecule has 15 heteroatoms. The van der Waals surface area contributed by atoms with Crippen molar-refractivity contribution in [2.24, 2.45) is 5.14 Å². The SMILES string of the molecule is Nc1ncnc2c1c(S[C@@H]1CCOC1)nn2[C@@H]1O[C@H](COS(N)(=O)=O)[C@@H](O)[C@@H]1F. The Labute approximate surface area is 169 Å². The maximum absolute atomic E-state index is 14.8. The van der Waals surface area contributed by atoms with E-state index in [1.54, 1.807) is 0 Å². The number of aliphatic hydroxyl groups is 1. The molecule has 4 heterocycles. The monoisotopic (exact) mass is 450 g/mol. The molecule has 4 rings (SSSR count). The number of nitrogens with zero attached hydrogens (tertiary/aromatic N) is 4. The standard InChI is InChI=1S/C14H19FN6O6S2/c15-9-10(22)7(4-26-29(17,23)24)27-14(9)21-12-8(11(16)18-5-19-12)13(20-21)28-6-1-2-25-3-6/h5-7,9-10,14,22H,1-4H2,(H2,16,18,19)(H2,17,23,24)/t6-,7-,9+,10-,14-/m1/s1. The molecule has 0 saturated carbocycles. The molecule has 12 nitrogen and oxygen atoms in total. The van der Waals surface area contributed by atoms with Crippen LogP contribution in [0, 0.1) is 0 Å². The predicted molar refractivity (Wildman–Crippen MR) is 98.7 cm³/mol. The summed E-state index contributed by atoms with van der Waals surface area (Å²) in [5, 5.41) is 20.4. The fraction of sp³-hybridized carbons (Fsp3) is 0.643. The molecule has 0 radical (unpaired) electrons. The zero-order valence-electron chi connectivity index (χ0n) is 14.9. The summed E-state index contributed by atoms with van der Waals surface area (Å²) in [5.74, 6) is 0.172. The molecule has 0 amide bonds. The van der Waals surface area contributed by atoms with Gasteiger partial charge in [-0.15, -0.1) is 0 Å². The molecule has 2 aromatic heterocycles. The minimum Gasteiger partial charge on any atom is -0.387 e. The van der Waals surface area contributed by atoms with Gasteiger partial charge in [-0.25, -0.2) is 24.2 Å². The molecule has 0 spiro atoms. The van der Waals surface area contributed by atoms with Crippen molar-refractivity contribution in [2.75, 3.05) is 25.6 Å². The van der Waals surface area contributed by atoms with Crippen molar-refractivity contribution in [1.82, 2.24) is 19.7 Å². The van der Waals surface area contributed by atoms with Crippen LogP contribution in [0.4, 0.5) is 10.2 Å². The van der Waals surface area contributed by atoms with E-state index in [2.05, 4.69) is 19.2 Å². The van der Waals surface area contributed by atoms with Crippen LogP contribution in [-0.2, 0) is 24.0 Å². The quantitative estimate of drug-likeness (QED) is 0.497. The Morgan fingerprint density at radius 1 is 1.45 bits per heavy atom. The van der Waals surface area contributed by atoms with Gasteiger partial charge in [-0.2, -0.15) is 13.5 Å². The molecule has 0 aliphatic carbocycles. The molecule has 5 N–H and O–H groups in total. The van der Waals surface area contributed by atoms with Crippen LogP contribution < -0.4 is 10.9 Å². The molecule has 2 aliphatic rings. The number of halogens is 1. The number of alkyl halides is 1. The number of nitrogens with two attached hydrogens (primary N) is 2. The van der Waals surface area contributed by atoms with Crippen LogP contribution in [0.3, 0.4) is 0 Å². The van der Waals surface area contributed by atoms with Crippen molar-refractivity contribution in [1.29, 1.82) is 0 Å². The summed E-state index contributed by atoms with van der Waals surface area (Å²) in [6.45, 7) is 0.538. The number of aromatic nitrogens is 4. The van der Waals surface area contributed by atoms with Crippen molar-refractivity contribution in [2.45, 2.75) is 41.3 Å². The highest BCUT2D eigenvalue weighted by atomic mass is 32.2. The smallest absolute Gasteiger partial charge is 0.333 e. The van der Waals surface area contributed by atoms with Crippen LogP contribution in [0.5, 0.6) is 0 Å². The minimum absolute atomic E-state index is 0.147. The largest absolute Gasteiger partial charge is 0.387 e. The van der Waals surface area contributed by atoms with Crippen LogP contribution in [-0.4, -0.2) is 76.7 Å². The summed E-state index contributed by atoms with van der Waals surface area (Å²) < 4.78 is 53.2. The molecule has 0 bridgehead atoms. The molecule has 2 fully saturated rings. The normalized spacial score (nSPS) is 30.4. The Bertz CT molecular complexity index is 1000. The summed E-state index contributed by atoms with van der Waals surface area (Å²) in [7, 11) is -4.27. The topological polar surface area (TPSA) is 178 Å². The molecule has 29 heavy (non-hydrogen) atoms. The van der Waals surface area contributed by atoms with Crippen molar-refractivity contribution in [3.63, 3.8) is 0 Å². The second-order valence-electron chi connectivity index (χ2n) is 6.59. The van der Waals surface area contributed by atoms with E-state index in [9.17, 15) is 17.9 Å². The Kier molecular flexibility index (Phi) is 5.62. The minimum atomic E-state index is -4.27. The van der Waals surface area contributed by atoms with E-state index in [-0.39, 0.29) is 16.7 Å². The van der Waals surface area contributed by atoms with Crippen molar-refractivity contribution >= 4 is 38.9 Å². The lowest BCUT2D eigenvalue weighted by Gasteiger charge is -2.14. The van der Waals surface area contributed by atoms with Gasteiger partial charge in [-0.05, 0) is 6.42 Å². The van der Waals surface area contributed by atoms with Crippen molar-refractivity contribution in [3.8, 4) is 0 Å². The number of anilines is 1. The van der Waals surface area contributed by atoms with Gasteiger partial charge in [-0.1, -0.05) is 11.8 Å². The van der Waals surface area contributed by atoms with E-state index < -0.39 is 41.5 Å². The summed E-state index contributed by atoms with van der Waals surface area (Å²) in [6, 6.07) is 0. The van der Waals surface area contributed by atoms with E-state index in [1.165, 1.54) is 22.8 Å². The number of aliphatic hydroxyl groups excluding tert-OH is 1. The fourth-order valence-corrected chi connectivity index (χ4v) is 4.65. The van der Waals surface area contributed by atoms with Crippen molar-refractivity contribution < 1.29 is 31.6 Å².